The van der Waals surface area contributed by atoms with Crippen molar-refractivity contribution in [2.45, 2.75) is 71.4 Å². The Kier molecular flexibility index (Phi) is 8.60. The molecule has 4 aromatic rings. The highest BCUT2D eigenvalue weighted by Crippen LogP contribution is 2.56. The van der Waals surface area contributed by atoms with Crippen molar-refractivity contribution in [3.8, 4) is 11.1 Å². The minimum atomic E-state index is -0.281. The van der Waals surface area contributed by atoms with Gasteiger partial charge in [0.15, 0.2) is 11.6 Å². The van der Waals surface area contributed by atoms with Crippen LogP contribution in [0.5, 0.6) is 0 Å². The Morgan fingerprint density at radius 1 is 0.840 bits per heavy atom. The molecule has 2 bridgehead atoms. The van der Waals surface area contributed by atoms with E-state index in [0.717, 1.165) is 90.9 Å². The molecule has 0 spiro atoms. The van der Waals surface area contributed by atoms with Crippen molar-refractivity contribution in [3.63, 3.8) is 0 Å². The maximum atomic E-state index is 13.7. The third kappa shape index (κ3) is 5.95. The number of carbonyl (C=O) groups excluding carboxylic acids is 2. The normalized spacial score (nSPS) is 21.7. The van der Waals surface area contributed by atoms with Crippen LogP contribution in [0.3, 0.4) is 0 Å². The van der Waals surface area contributed by atoms with Gasteiger partial charge in [-0.2, -0.15) is 0 Å². The Morgan fingerprint density at radius 2 is 1.44 bits per heavy atom. The summed E-state index contributed by atoms with van der Waals surface area (Å²) < 4.78 is 3.86. The molecule has 2 N–H and O–H groups in total. The first-order valence-corrected chi connectivity index (χ1v) is 18.5. The van der Waals surface area contributed by atoms with E-state index in [4.69, 9.17) is 16.6 Å². The molecule has 2 saturated carbocycles. The van der Waals surface area contributed by atoms with E-state index < -0.39 is 0 Å². The monoisotopic (exact) mass is 694 g/mol. The van der Waals surface area contributed by atoms with Gasteiger partial charge in [-0.1, -0.05) is 35.9 Å². The second-order valence-corrected chi connectivity index (χ2v) is 15.6. The third-order valence-electron chi connectivity index (χ3n) is 12.2. The van der Waals surface area contributed by atoms with Crippen molar-refractivity contribution >= 4 is 34.8 Å². The van der Waals surface area contributed by atoms with Gasteiger partial charge in [-0.15, -0.1) is 0 Å². The molecule has 10 nitrogen and oxygen atoms in total. The lowest BCUT2D eigenvalue weighted by Gasteiger charge is -2.32. The van der Waals surface area contributed by atoms with Gasteiger partial charge in [-0.25, -0.2) is 9.97 Å². The molecule has 2 aromatic carbocycles. The van der Waals surface area contributed by atoms with Crippen molar-refractivity contribution in [2.75, 3.05) is 37.3 Å². The molecule has 2 aromatic heterocycles. The summed E-state index contributed by atoms with van der Waals surface area (Å²) in [4.78, 5) is 41.4. The number of hydrogen-bond donors (Lipinski definition) is 2. The van der Waals surface area contributed by atoms with Gasteiger partial charge in [-0.05, 0) is 93.6 Å². The number of nitrogens with zero attached hydrogens (tertiary/aromatic N) is 6. The topological polar surface area (TPSA) is 100 Å². The zero-order valence-corrected chi connectivity index (χ0v) is 30.4. The number of fused-ring (bicyclic) bond motifs is 4. The van der Waals surface area contributed by atoms with Crippen LogP contribution in [0, 0.1) is 18.3 Å². The number of halogens is 1. The van der Waals surface area contributed by atoms with E-state index in [0.29, 0.717) is 33.5 Å². The molecule has 8 rings (SSSR count). The van der Waals surface area contributed by atoms with Crippen LogP contribution in [0.2, 0.25) is 5.02 Å². The fraction of sp³-hybridized carbons (Fsp3) is 0.487. The van der Waals surface area contributed by atoms with Crippen molar-refractivity contribution < 1.29 is 9.59 Å². The third-order valence-corrected chi connectivity index (χ3v) is 12.6. The van der Waals surface area contributed by atoms with Crippen molar-refractivity contribution in [2.24, 2.45) is 25.4 Å². The van der Waals surface area contributed by atoms with Gasteiger partial charge in [0.05, 0.1) is 22.1 Å². The Hall–Kier alpha value is -3.99. The predicted octanol–water partition coefficient (Wildman–Crippen LogP) is 6.60. The minimum absolute atomic E-state index is 0.252. The molecule has 50 heavy (non-hydrogen) atoms. The first-order chi connectivity index (χ1) is 24.1. The summed E-state index contributed by atoms with van der Waals surface area (Å²) in [6, 6.07) is 11.4. The Balaban J connectivity index is 0.967. The fourth-order valence-corrected chi connectivity index (χ4v) is 9.43. The summed E-state index contributed by atoms with van der Waals surface area (Å²) in [5.74, 6) is 1.24. The first kappa shape index (κ1) is 33.2. The zero-order valence-electron chi connectivity index (χ0n) is 29.6. The van der Waals surface area contributed by atoms with Crippen LogP contribution in [0.15, 0.2) is 36.4 Å². The van der Waals surface area contributed by atoms with Gasteiger partial charge in [-0.3, -0.25) is 14.5 Å². The second kappa shape index (κ2) is 13.0. The highest BCUT2D eigenvalue weighted by Gasteiger charge is 2.44. The summed E-state index contributed by atoms with van der Waals surface area (Å²) in [6.45, 7) is 6.54. The highest BCUT2D eigenvalue weighted by atomic mass is 35.5. The van der Waals surface area contributed by atoms with Crippen LogP contribution in [0.25, 0.3) is 11.1 Å². The van der Waals surface area contributed by atoms with E-state index in [-0.39, 0.29) is 11.8 Å². The number of rotatable bonds is 8. The molecule has 2 fully saturated rings. The summed E-state index contributed by atoms with van der Waals surface area (Å²) in [6.07, 6.45) is 10.1. The summed E-state index contributed by atoms with van der Waals surface area (Å²) in [7, 11) is 5.91. The Labute approximate surface area is 299 Å². The van der Waals surface area contributed by atoms with E-state index in [1.54, 1.807) is 0 Å². The van der Waals surface area contributed by atoms with Gasteiger partial charge < -0.3 is 24.7 Å². The highest BCUT2D eigenvalue weighted by molar-refractivity contribution is 6.36. The van der Waals surface area contributed by atoms with E-state index in [9.17, 15) is 9.59 Å². The van der Waals surface area contributed by atoms with Crippen molar-refractivity contribution in [1.29, 1.82) is 0 Å². The molecular formula is C39H47ClN8O2. The lowest BCUT2D eigenvalue weighted by Crippen LogP contribution is -2.34. The number of aromatic nitrogens is 4. The van der Waals surface area contributed by atoms with Crippen molar-refractivity contribution in [1.82, 2.24) is 28.9 Å². The average Bonchev–Trinajstić information content (AvgIpc) is 3.88. The smallest absolute Gasteiger partial charge is 0.291 e. The minimum Gasteiger partial charge on any atom is -0.327 e. The van der Waals surface area contributed by atoms with Gasteiger partial charge in [0.1, 0.15) is 0 Å². The molecule has 0 saturated heterocycles. The van der Waals surface area contributed by atoms with E-state index in [2.05, 4.69) is 32.5 Å². The lowest BCUT2D eigenvalue weighted by atomic mass is 9.81. The molecule has 2 aliphatic carbocycles. The largest absolute Gasteiger partial charge is 0.327 e. The van der Waals surface area contributed by atoms with Crippen LogP contribution in [0.1, 0.15) is 88.1 Å². The number of hydrogen-bond acceptors (Lipinski definition) is 6. The van der Waals surface area contributed by atoms with Crippen LogP contribution in [-0.4, -0.2) is 67.4 Å². The number of likely N-dealkylation sites (N-methyl/N-ethyl adjacent to an activating group) is 1. The van der Waals surface area contributed by atoms with E-state index >= 15 is 0 Å². The Morgan fingerprint density at radius 3 is 2.10 bits per heavy atom. The number of imidazole rings is 2. The molecule has 0 atom stereocenters. The average molecular weight is 695 g/mol. The molecule has 4 aliphatic rings. The molecular weight excluding hydrogens is 648 g/mol. The fourth-order valence-electron chi connectivity index (χ4n) is 9.15. The number of nitrogens with one attached hydrogen (secondary N) is 2. The first-order valence-electron chi connectivity index (χ1n) is 18.1. The number of carbonyl (C=O) groups is 2. The number of amides is 2. The van der Waals surface area contributed by atoms with E-state index in [1.807, 2.05) is 66.6 Å². The summed E-state index contributed by atoms with van der Waals surface area (Å²) in [5.41, 5.74) is 8.47. The van der Waals surface area contributed by atoms with Crippen LogP contribution >= 0.6 is 11.6 Å². The van der Waals surface area contributed by atoms with Crippen molar-refractivity contribution in [3.05, 3.63) is 81.4 Å². The molecule has 262 valence electrons. The SMILES string of the molecule is Cc1c(NC(=O)c2nc3c(n2C)CCN(C)C3)cccc1-c1cccc(NC(=O)c2nc3c(n2C)CCN(CCC24CCC(CC2)C4)C3)c1Cl. The number of benzene rings is 2. The summed E-state index contributed by atoms with van der Waals surface area (Å²) >= 11 is 7.01. The van der Waals surface area contributed by atoms with Crippen LogP contribution in [-0.2, 0) is 40.0 Å². The Bertz CT molecular complexity index is 1990. The molecule has 2 amide bonds. The molecule has 2 aliphatic heterocycles. The predicted molar refractivity (Wildman–Crippen MR) is 197 cm³/mol. The summed E-state index contributed by atoms with van der Waals surface area (Å²) in [5, 5.41) is 6.56. The quantitative estimate of drug-likeness (QED) is 0.216. The van der Waals surface area contributed by atoms with Gasteiger partial charge in [0.2, 0.25) is 0 Å². The number of anilines is 2. The van der Waals surface area contributed by atoms with Gasteiger partial charge >= 0.3 is 0 Å². The molecule has 4 heterocycles. The molecule has 0 radical (unpaired) electrons. The maximum absolute atomic E-state index is 13.7. The molecule has 0 unspecified atom stereocenters. The standard InChI is InChI=1S/C39H47ClN8O2/c1-24-26(7-5-9-28(24)43-37(49)35-41-30-22-45(2)18-13-32(30)46(35)3)27-8-6-10-29(34(27)40)44-38(50)36-42-31-23-48(19-14-33(31)47(36)4)20-17-39-15-11-25(21-39)12-16-39/h5-10,25H,11-23H2,1-4H3,(H,43,49)(H,44,50). The van der Waals surface area contributed by atoms with Crippen LogP contribution < -0.4 is 10.6 Å². The van der Waals surface area contributed by atoms with E-state index in [1.165, 1.54) is 38.5 Å². The van der Waals surface area contributed by atoms with Gasteiger partial charge in [0, 0.05) is 75.8 Å². The van der Waals surface area contributed by atoms with Crippen LogP contribution in [0.4, 0.5) is 11.4 Å². The molecule has 11 heteroatoms. The lowest BCUT2D eigenvalue weighted by molar-refractivity contribution is 0.100. The second-order valence-electron chi connectivity index (χ2n) is 15.2. The van der Waals surface area contributed by atoms with Gasteiger partial charge in [0.25, 0.3) is 11.8 Å². The maximum Gasteiger partial charge on any atom is 0.291 e. The zero-order chi connectivity index (χ0) is 34.7.